The van der Waals surface area contributed by atoms with Crippen LogP contribution in [0.1, 0.15) is 32.1 Å². The molecule has 1 aromatic rings. The van der Waals surface area contributed by atoms with Crippen molar-refractivity contribution in [3.05, 3.63) is 29.3 Å². The van der Waals surface area contributed by atoms with Gasteiger partial charge in [-0.05, 0) is 64.0 Å². The predicted octanol–water partition coefficient (Wildman–Crippen LogP) is 2.91. The number of amides is 1. The summed E-state index contributed by atoms with van der Waals surface area (Å²) in [5, 5.41) is 4.04. The van der Waals surface area contributed by atoms with Crippen molar-refractivity contribution in [3.8, 4) is 0 Å². The van der Waals surface area contributed by atoms with Crippen LogP contribution in [0.3, 0.4) is 0 Å². The molecule has 5 heteroatoms. The number of nitrogens with zero attached hydrogens (tertiary/aromatic N) is 2. The fourth-order valence-electron chi connectivity index (χ4n) is 3.63. The van der Waals surface area contributed by atoms with Crippen molar-refractivity contribution in [2.45, 2.75) is 38.1 Å². The lowest BCUT2D eigenvalue weighted by Gasteiger charge is -2.37. The number of nitrogens with one attached hydrogen (secondary N) is 1. The molecule has 126 valence electrons. The summed E-state index contributed by atoms with van der Waals surface area (Å²) < 4.78 is 0. The van der Waals surface area contributed by atoms with E-state index in [1.807, 2.05) is 29.2 Å². The lowest BCUT2D eigenvalue weighted by molar-refractivity contribution is -0.120. The lowest BCUT2D eigenvalue weighted by atomic mass is 10.0. The van der Waals surface area contributed by atoms with Gasteiger partial charge in [-0.2, -0.15) is 0 Å². The number of hydrogen-bond acceptors (Lipinski definition) is 3. The van der Waals surface area contributed by atoms with Crippen molar-refractivity contribution < 1.29 is 4.79 Å². The first-order valence-electron chi connectivity index (χ1n) is 8.75. The van der Waals surface area contributed by atoms with Crippen LogP contribution in [0.4, 0.5) is 5.69 Å². The van der Waals surface area contributed by atoms with Crippen LogP contribution >= 0.6 is 11.6 Å². The molecule has 0 saturated carbocycles. The molecule has 0 bridgehead atoms. The Hall–Kier alpha value is -1.10. The minimum absolute atomic E-state index is 0.187. The number of piperidine rings is 2. The van der Waals surface area contributed by atoms with Gasteiger partial charge in [0, 0.05) is 6.04 Å². The first-order valence-corrected chi connectivity index (χ1v) is 9.13. The van der Waals surface area contributed by atoms with Gasteiger partial charge in [0.05, 0.1) is 17.3 Å². The zero-order valence-electron chi connectivity index (χ0n) is 13.6. The number of para-hydroxylation sites is 1. The molecular formula is C18H26ClN3O. The van der Waals surface area contributed by atoms with Crippen molar-refractivity contribution in [1.29, 1.82) is 0 Å². The molecule has 0 radical (unpaired) electrons. The highest BCUT2D eigenvalue weighted by atomic mass is 35.5. The molecule has 0 aromatic heterocycles. The molecule has 23 heavy (non-hydrogen) atoms. The van der Waals surface area contributed by atoms with E-state index in [1.54, 1.807) is 0 Å². The third-order valence-corrected chi connectivity index (χ3v) is 5.18. The van der Waals surface area contributed by atoms with Crippen molar-refractivity contribution in [3.63, 3.8) is 0 Å². The Balaban J connectivity index is 1.79. The van der Waals surface area contributed by atoms with E-state index in [0.717, 1.165) is 44.7 Å². The molecule has 1 N–H and O–H groups in total. The number of carbonyl (C=O) groups is 1. The van der Waals surface area contributed by atoms with E-state index in [-0.39, 0.29) is 11.9 Å². The van der Waals surface area contributed by atoms with E-state index in [0.29, 0.717) is 11.6 Å². The Bertz CT molecular complexity index is 525. The summed E-state index contributed by atoms with van der Waals surface area (Å²) in [6, 6.07) is 7.97. The molecule has 0 spiro atoms. The summed E-state index contributed by atoms with van der Waals surface area (Å²) >= 11 is 6.40. The highest BCUT2D eigenvalue weighted by Crippen LogP contribution is 2.29. The van der Waals surface area contributed by atoms with E-state index in [9.17, 15) is 4.79 Å². The lowest BCUT2D eigenvalue weighted by Crippen LogP contribution is -2.50. The molecular weight excluding hydrogens is 310 g/mol. The second-order valence-corrected chi connectivity index (χ2v) is 6.94. The number of likely N-dealkylation sites (tertiary alicyclic amines) is 1. The molecule has 2 aliphatic heterocycles. The van der Waals surface area contributed by atoms with E-state index in [2.05, 4.69) is 10.2 Å². The molecule has 2 saturated heterocycles. The number of rotatable bonds is 4. The first-order chi connectivity index (χ1) is 11.3. The molecule has 2 aliphatic rings. The zero-order valence-corrected chi connectivity index (χ0v) is 14.4. The smallest absolute Gasteiger partial charge is 0.241 e. The molecule has 0 unspecified atom stereocenters. The predicted molar refractivity (Wildman–Crippen MR) is 95.1 cm³/mol. The summed E-state index contributed by atoms with van der Waals surface area (Å²) in [6.07, 6.45) is 5.65. The zero-order chi connectivity index (χ0) is 16.1. The fourth-order valence-corrected chi connectivity index (χ4v) is 3.86. The molecule has 4 nitrogen and oxygen atoms in total. The molecule has 2 fully saturated rings. The van der Waals surface area contributed by atoms with Gasteiger partial charge < -0.3 is 10.2 Å². The Labute approximate surface area is 143 Å². The van der Waals surface area contributed by atoms with Crippen LogP contribution in [-0.4, -0.2) is 49.6 Å². The summed E-state index contributed by atoms with van der Waals surface area (Å²) in [5.74, 6) is 0.187. The van der Waals surface area contributed by atoms with Crippen LogP contribution < -0.4 is 10.2 Å². The minimum Gasteiger partial charge on any atom is -0.317 e. The van der Waals surface area contributed by atoms with Crippen LogP contribution in [0.5, 0.6) is 0 Å². The molecule has 3 rings (SSSR count). The quantitative estimate of drug-likeness (QED) is 0.919. The molecule has 2 heterocycles. The second-order valence-electron chi connectivity index (χ2n) is 6.53. The van der Waals surface area contributed by atoms with Crippen LogP contribution in [0, 0.1) is 0 Å². The molecule has 1 amide bonds. The van der Waals surface area contributed by atoms with Gasteiger partial charge in [0.1, 0.15) is 0 Å². The van der Waals surface area contributed by atoms with E-state index >= 15 is 0 Å². The van der Waals surface area contributed by atoms with Gasteiger partial charge in [-0.1, -0.05) is 30.2 Å². The highest BCUT2D eigenvalue weighted by molar-refractivity contribution is 6.33. The maximum Gasteiger partial charge on any atom is 0.241 e. The topological polar surface area (TPSA) is 35.6 Å². The van der Waals surface area contributed by atoms with Gasteiger partial charge in [0.25, 0.3) is 0 Å². The van der Waals surface area contributed by atoms with Crippen molar-refractivity contribution in [2.24, 2.45) is 0 Å². The monoisotopic (exact) mass is 335 g/mol. The van der Waals surface area contributed by atoms with Crippen LogP contribution in [0.2, 0.25) is 5.02 Å². The number of benzene rings is 1. The van der Waals surface area contributed by atoms with Crippen LogP contribution in [0.15, 0.2) is 24.3 Å². The summed E-state index contributed by atoms with van der Waals surface area (Å²) in [4.78, 5) is 17.3. The van der Waals surface area contributed by atoms with E-state index < -0.39 is 0 Å². The molecule has 0 atom stereocenters. The van der Waals surface area contributed by atoms with Gasteiger partial charge in [-0.25, -0.2) is 0 Å². The third-order valence-electron chi connectivity index (χ3n) is 4.86. The van der Waals surface area contributed by atoms with Gasteiger partial charge in [0.15, 0.2) is 0 Å². The molecule has 0 aliphatic carbocycles. The first kappa shape index (κ1) is 16.7. The standard InChI is InChI=1S/C18H26ClN3O/c19-16-6-2-3-7-17(16)22(15-8-10-20-11-9-15)18(23)14-21-12-4-1-5-13-21/h2-3,6-7,15,20H,1,4-5,8-14H2. The third kappa shape index (κ3) is 4.25. The Kier molecular flexibility index (Phi) is 5.92. The average molecular weight is 336 g/mol. The van der Waals surface area contributed by atoms with Crippen LogP contribution in [-0.2, 0) is 4.79 Å². The van der Waals surface area contributed by atoms with E-state index in [4.69, 9.17) is 11.6 Å². The SMILES string of the molecule is O=C(CN1CCCCC1)N(c1ccccc1Cl)C1CCNCC1. The van der Waals surface area contributed by atoms with Crippen molar-refractivity contribution in [2.75, 3.05) is 37.6 Å². The number of halogens is 1. The maximum absolute atomic E-state index is 13.1. The average Bonchev–Trinajstić information content (AvgIpc) is 2.59. The van der Waals surface area contributed by atoms with Crippen LogP contribution in [0.25, 0.3) is 0 Å². The van der Waals surface area contributed by atoms with E-state index in [1.165, 1.54) is 19.3 Å². The number of carbonyl (C=O) groups excluding carboxylic acids is 1. The van der Waals surface area contributed by atoms with Gasteiger partial charge in [-0.15, -0.1) is 0 Å². The van der Waals surface area contributed by atoms with Crippen molar-refractivity contribution in [1.82, 2.24) is 10.2 Å². The van der Waals surface area contributed by atoms with Gasteiger partial charge >= 0.3 is 0 Å². The Morgan fingerprint density at radius 2 is 1.87 bits per heavy atom. The highest BCUT2D eigenvalue weighted by Gasteiger charge is 2.29. The number of hydrogen-bond donors (Lipinski definition) is 1. The summed E-state index contributed by atoms with van der Waals surface area (Å²) in [6.45, 7) is 4.50. The fraction of sp³-hybridized carbons (Fsp3) is 0.611. The summed E-state index contributed by atoms with van der Waals surface area (Å²) in [5.41, 5.74) is 0.864. The Morgan fingerprint density at radius 3 is 2.57 bits per heavy atom. The number of anilines is 1. The summed E-state index contributed by atoms with van der Waals surface area (Å²) in [7, 11) is 0. The second kappa shape index (κ2) is 8.13. The maximum atomic E-state index is 13.1. The Morgan fingerprint density at radius 1 is 1.17 bits per heavy atom. The minimum atomic E-state index is 0.187. The normalized spacial score (nSPS) is 20.4. The molecule has 1 aromatic carbocycles. The van der Waals surface area contributed by atoms with Gasteiger partial charge in [-0.3, -0.25) is 9.69 Å². The van der Waals surface area contributed by atoms with Crippen molar-refractivity contribution >= 4 is 23.2 Å². The van der Waals surface area contributed by atoms with Gasteiger partial charge in [0.2, 0.25) is 5.91 Å². The largest absolute Gasteiger partial charge is 0.317 e.